The molecule has 0 N–H and O–H groups in total. The summed E-state index contributed by atoms with van der Waals surface area (Å²) >= 11 is 0. The maximum atomic E-state index is 6.11. The van der Waals surface area contributed by atoms with Gasteiger partial charge in [-0.15, -0.1) is 12.4 Å². The normalized spacial score (nSPS) is 24.4. The molecule has 0 aromatic heterocycles. The zero-order valence-electron chi connectivity index (χ0n) is 20.5. The summed E-state index contributed by atoms with van der Waals surface area (Å²) in [6.45, 7) is 14.9. The van der Waals surface area contributed by atoms with E-state index < -0.39 is 0 Å². The molecule has 1 aromatic rings. The van der Waals surface area contributed by atoms with Gasteiger partial charge in [0.25, 0.3) is 0 Å². The minimum Gasteiger partial charge on any atom is -0.489 e. The van der Waals surface area contributed by atoms with Crippen LogP contribution in [-0.4, -0.2) is 57.8 Å². The van der Waals surface area contributed by atoms with E-state index in [1.807, 2.05) is 0 Å². The minimum atomic E-state index is 0. The van der Waals surface area contributed by atoms with Crippen LogP contribution in [-0.2, 0) is 0 Å². The molecule has 2 fully saturated rings. The third-order valence-corrected chi connectivity index (χ3v) is 8.08. The third-order valence-electron chi connectivity index (χ3n) is 8.08. The Morgan fingerprint density at radius 2 is 1.72 bits per heavy atom. The first kappa shape index (κ1) is 23.8. The number of nitrogens with zero attached hydrogens (tertiary/aromatic N) is 3. The van der Waals surface area contributed by atoms with E-state index in [9.17, 15) is 0 Å². The Morgan fingerprint density at radius 1 is 0.969 bits per heavy atom. The number of allylic oxidation sites excluding steroid dienone is 2. The number of ether oxygens (including phenoxy) is 1. The van der Waals surface area contributed by atoms with Crippen molar-refractivity contribution in [1.29, 1.82) is 0 Å². The summed E-state index contributed by atoms with van der Waals surface area (Å²) in [5.74, 6) is 2.84. The van der Waals surface area contributed by atoms with Crippen LogP contribution in [0.3, 0.4) is 0 Å². The number of halogens is 1. The summed E-state index contributed by atoms with van der Waals surface area (Å²) in [7, 11) is 2.20. The molecule has 5 rings (SSSR count). The second kappa shape index (κ2) is 9.46. The highest BCUT2D eigenvalue weighted by Crippen LogP contribution is 2.45. The molecule has 1 unspecified atom stereocenters. The SMILES string of the molecule is CN1CCOc2cc(N3CCN(CC4CC4)CC3)c(C3=CCC(C(C)(C)C)CC3)cc21.Cl. The first-order valence-corrected chi connectivity index (χ1v) is 12.6. The van der Waals surface area contributed by atoms with Crippen molar-refractivity contribution < 1.29 is 4.74 Å². The van der Waals surface area contributed by atoms with Crippen LogP contribution in [0.4, 0.5) is 11.4 Å². The highest BCUT2D eigenvalue weighted by molar-refractivity contribution is 5.85. The van der Waals surface area contributed by atoms with E-state index >= 15 is 0 Å². The minimum absolute atomic E-state index is 0. The molecule has 4 nitrogen and oxygen atoms in total. The van der Waals surface area contributed by atoms with Gasteiger partial charge in [-0.25, -0.2) is 0 Å². The summed E-state index contributed by atoms with van der Waals surface area (Å²) in [6.07, 6.45) is 9.15. The van der Waals surface area contributed by atoms with Crippen molar-refractivity contribution in [3.05, 3.63) is 23.8 Å². The van der Waals surface area contributed by atoms with Crippen molar-refractivity contribution >= 4 is 29.4 Å². The van der Waals surface area contributed by atoms with Crippen molar-refractivity contribution in [1.82, 2.24) is 4.90 Å². The van der Waals surface area contributed by atoms with Gasteiger partial charge < -0.3 is 14.5 Å². The average molecular weight is 460 g/mol. The smallest absolute Gasteiger partial charge is 0.144 e. The van der Waals surface area contributed by atoms with Gasteiger partial charge in [0.1, 0.15) is 12.4 Å². The second-order valence-electron chi connectivity index (χ2n) is 11.4. The van der Waals surface area contributed by atoms with Gasteiger partial charge in [0.15, 0.2) is 0 Å². The Balaban J connectivity index is 0.00000245. The molecular formula is C27H42ClN3O. The lowest BCUT2D eigenvalue weighted by molar-refractivity contribution is 0.225. The van der Waals surface area contributed by atoms with E-state index in [0.717, 1.165) is 43.8 Å². The van der Waals surface area contributed by atoms with E-state index in [4.69, 9.17) is 4.74 Å². The molecule has 0 spiro atoms. The van der Waals surface area contributed by atoms with Crippen LogP contribution < -0.4 is 14.5 Å². The Hall–Kier alpha value is -1.39. The number of likely N-dealkylation sites (N-methyl/N-ethyl adjacent to an activating group) is 1. The number of rotatable bonds is 4. The molecule has 4 aliphatic rings. The number of anilines is 2. The quantitative estimate of drug-likeness (QED) is 0.574. The van der Waals surface area contributed by atoms with Crippen LogP contribution in [0.25, 0.3) is 5.57 Å². The van der Waals surface area contributed by atoms with Crippen molar-refractivity contribution in [2.24, 2.45) is 17.3 Å². The number of hydrogen-bond donors (Lipinski definition) is 0. The predicted molar refractivity (Wildman–Crippen MR) is 139 cm³/mol. The van der Waals surface area contributed by atoms with E-state index in [2.05, 4.69) is 60.7 Å². The molecular weight excluding hydrogens is 418 g/mol. The molecule has 1 saturated heterocycles. The van der Waals surface area contributed by atoms with E-state index in [-0.39, 0.29) is 12.4 Å². The Kier molecular flexibility index (Phi) is 7.03. The molecule has 1 aromatic carbocycles. The first-order valence-electron chi connectivity index (χ1n) is 12.6. The van der Waals surface area contributed by atoms with Gasteiger partial charge in [0.05, 0.1) is 12.2 Å². The monoisotopic (exact) mass is 459 g/mol. The molecule has 1 atom stereocenters. The first-order chi connectivity index (χ1) is 14.9. The fourth-order valence-corrected chi connectivity index (χ4v) is 5.61. The summed E-state index contributed by atoms with van der Waals surface area (Å²) in [5.41, 5.74) is 6.07. The molecule has 0 amide bonds. The van der Waals surface area contributed by atoms with E-state index in [1.165, 1.54) is 68.7 Å². The van der Waals surface area contributed by atoms with Crippen molar-refractivity contribution in [3.63, 3.8) is 0 Å². The summed E-state index contributed by atoms with van der Waals surface area (Å²) in [5, 5.41) is 0. The third kappa shape index (κ3) is 5.07. The highest BCUT2D eigenvalue weighted by Gasteiger charge is 2.31. The Bertz CT molecular complexity index is 834. The number of fused-ring (bicyclic) bond motifs is 1. The van der Waals surface area contributed by atoms with Gasteiger partial charge in [-0.05, 0) is 61.0 Å². The van der Waals surface area contributed by atoms with Gasteiger partial charge in [-0.1, -0.05) is 26.8 Å². The lowest BCUT2D eigenvalue weighted by atomic mass is 9.72. The van der Waals surface area contributed by atoms with E-state index in [0.29, 0.717) is 5.41 Å². The molecule has 5 heteroatoms. The van der Waals surface area contributed by atoms with Crippen LogP contribution in [0.2, 0.25) is 0 Å². The van der Waals surface area contributed by atoms with Crippen molar-refractivity contribution in [2.45, 2.75) is 52.9 Å². The van der Waals surface area contributed by atoms with Gasteiger partial charge in [0, 0.05) is 57.1 Å². The zero-order chi connectivity index (χ0) is 21.6. The molecule has 2 heterocycles. The summed E-state index contributed by atoms with van der Waals surface area (Å²) in [4.78, 5) is 7.68. The van der Waals surface area contributed by atoms with E-state index in [1.54, 1.807) is 5.57 Å². The second-order valence-corrected chi connectivity index (χ2v) is 11.4. The van der Waals surface area contributed by atoms with Crippen molar-refractivity contribution in [2.75, 3.05) is 62.7 Å². The van der Waals surface area contributed by atoms with Crippen LogP contribution in [0.15, 0.2) is 18.2 Å². The Morgan fingerprint density at radius 3 is 2.34 bits per heavy atom. The maximum Gasteiger partial charge on any atom is 0.144 e. The fraction of sp³-hybridized carbons (Fsp3) is 0.704. The van der Waals surface area contributed by atoms with Crippen LogP contribution in [0.5, 0.6) is 5.75 Å². The van der Waals surface area contributed by atoms with Gasteiger partial charge in [-0.3, -0.25) is 4.90 Å². The molecule has 2 aliphatic heterocycles. The standard InChI is InChI=1S/C27H41N3O.ClH/c1-27(2,3)22-9-7-21(8-10-22)23-17-25-26(31-16-15-28(25)4)18-24(23)30-13-11-29(12-14-30)19-20-5-6-20;/h7,17-18,20,22H,5-6,8-16,19H2,1-4H3;1H. The molecule has 178 valence electrons. The van der Waals surface area contributed by atoms with Crippen LogP contribution >= 0.6 is 12.4 Å². The zero-order valence-corrected chi connectivity index (χ0v) is 21.3. The van der Waals surface area contributed by atoms with Crippen LogP contribution in [0, 0.1) is 17.3 Å². The largest absolute Gasteiger partial charge is 0.489 e. The molecule has 0 bridgehead atoms. The molecule has 2 aliphatic carbocycles. The summed E-state index contributed by atoms with van der Waals surface area (Å²) in [6, 6.07) is 4.79. The molecule has 1 saturated carbocycles. The lowest BCUT2D eigenvalue weighted by Gasteiger charge is -2.39. The molecule has 0 radical (unpaired) electrons. The van der Waals surface area contributed by atoms with Gasteiger partial charge >= 0.3 is 0 Å². The number of benzene rings is 1. The van der Waals surface area contributed by atoms with Crippen molar-refractivity contribution in [3.8, 4) is 5.75 Å². The average Bonchev–Trinajstić information content (AvgIpc) is 3.57. The molecule has 32 heavy (non-hydrogen) atoms. The fourth-order valence-electron chi connectivity index (χ4n) is 5.61. The van der Waals surface area contributed by atoms with Crippen LogP contribution in [0.1, 0.15) is 58.4 Å². The highest BCUT2D eigenvalue weighted by atomic mass is 35.5. The predicted octanol–water partition coefficient (Wildman–Crippen LogP) is 5.70. The van der Waals surface area contributed by atoms with Gasteiger partial charge in [-0.2, -0.15) is 0 Å². The van der Waals surface area contributed by atoms with Gasteiger partial charge in [0.2, 0.25) is 0 Å². The lowest BCUT2D eigenvalue weighted by Crippen LogP contribution is -2.47. The topological polar surface area (TPSA) is 19.0 Å². The number of piperazine rings is 1. The summed E-state index contributed by atoms with van der Waals surface area (Å²) < 4.78 is 6.11. The Labute approximate surface area is 201 Å². The number of hydrogen-bond acceptors (Lipinski definition) is 4. The maximum absolute atomic E-state index is 6.11.